The highest BCUT2D eigenvalue weighted by atomic mass is 16.2. The van der Waals surface area contributed by atoms with Crippen molar-refractivity contribution in [2.45, 2.75) is 53.9 Å². The summed E-state index contributed by atoms with van der Waals surface area (Å²) in [5.74, 6) is 0.619. The van der Waals surface area contributed by atoms with Gasteiger partial charge >= 0.3 is 0 Å². The van der Waals surface area contributed by atoms with Crippen LogP contribution in [-0.2, 0) is 9.59 Å². The van der Waals surface area contributed by atoms with Crippen molar-refractivity contribution in [2.24, 2.45) is 11.3 Å². The monoisotopic (exact) mass is 227 g/mol. The predicted octanol–water partition coefficient (Wildman–Crippen LogP) is 2.54. The molecule has 0 spiro atoms. The van der Waals surface area contributed by atoms with E-state index < -0.39 is 0 Å². The first-order chi connectivity index (χ1) is 7.29. The van der Waals surface area contributed by atoms with Crippen molar-refractivity contribution in [3.8, 4) is 0 Å². The number of carbonyl (C=O) groups is 2. The van der Waals surface area contributed by atoms with E-state index in [0.717, 1.165) is 12.8 Å². The van der Waals surface area contributed by atoms with E-state index in [9.17, 15) is 9.59 Å². The molecule has 1 N–H and O–H groups in total. The first-order valence-electron chi connectivity index (χ1n) is 6.09. The molecule has 0 rings (SSSR count). The zero-order valence-electron chi connectivity index (χ0n) is 11.2. The van der Waals surface area contributed by atoms with Crippen LogP contribution in [0.1, 0.15) is 53.9 Å². The van der Waals surface area contributed by atoms with Crippen molar-refractivity contribution in [3.05, 3.63) is 0 Å². The van der Waals surface area contributed by atoms with E-state index in [1.807, 2.05) is 20.8 Å². The summed E-state index contributed by atoms with van der Waals surface area (Å²) in [6, 6.07) is 0. The molecule has 0 aliphatic heterocycles. The standard InChI is InChI=1S/C13H25NO2/c1-6-13(4,5)12(16)14-9-11(15)8-7-10(2)3/h10H,6-9H2,1-5H3,(H,14,16). The number of amides is 1. The van der Waals surface area contributed by atoms with E-state index in [-0.39, 0.29) is 23.7 Å². The molecule has 3 heteroatoms. The second-order valence-corrected chi connectivity index (χ2v) is 5.39. The van der Waals surface area contributed by atoms with Gasteiger partial charge in [-0.05, 0) is 18.8 Å². The second-order valence-electron chi connectivity index (χ2n) is 5.39. The number of nitrogens with one attached hydrogen (secondary N) is 1. The van der Waals surface area contributed by atoms with Gasteiger partial charge in [0.25, 0.3) is 0 Å². The minimum Gasteiger partial charge on any atom is -0.349 e. The topological polar surface area (TPSA) is 46.2 Å². The molecule has 94 valence electrons. The van der Waals surface area contributed by atoms with Gasteiger partial charge in [0.2, 0.25) is 5.91 Å². The van der Waals surface area contributed by atoms with Gasteiger partial charge in [-0.15, -0.1) is 0 Å². The van der Waals surface area contributed by atoms with E-state index in [1.54, 1.807) is 0 Å². The first-order valence-corrected chi connectivity index (χ1v) is 6.09. The Morgan fingerprint density at radius 1 is 1.25 bits per heavy atom. The van der Waals surface area contributed by atoms with Crippen molar-refractivity contribution in [1.82, 2.24) is 5.32 Å². The van der Waals surface area contributed by atoms with E-state index in [0.29, 0.717) is 12.3 Å². The Labute approximate surface area is 99.0 Å². The number of Topliss-reactive ketones (excluding diaryl/α,β-unsaturated/α-hetero) is 1. The molecule has 0 aliphatic rings. The maximum atomic E-state index is 11.7. The third-order valence-electron chi connectivity index (χ3n) is 2.95. The highest BCUT2D eigenvalue weighted by Gasteiger charge is 2.25. The maximum Gasteiger partial charge on any atom is 0.226 e. The van der Waals surface area contributed by atoms with Crippen LogP contribution in [0.5, 0.6) is 0 Å². The molecule has 0 radical (unpaired) electrons. The van der Waals surface area contributed by atoms with Gasteiger partial charge in [-0.2, -0.15) is 0 Å². The average molecular weight is 227 g/mol. The summed E-state index contributed by atoms with van der Waals surface area (Å²) >= 11 is 0. The van der Waals surface area contributed by atoms with Gasteiger partial charge in [-0.25, -0.2) is 0 Å². The molecule has 0 aromatic rings. The van der Waals surface area contributed by atoms with Crippen LogP contribution < -0.4 is 5.32 Å². The molecule has 0 aromatic heterocycles. The molecule has 0 saturated carbocycles. The van der Waals surface area contributed by atoms with Crippen molar-refractivity contribution < 1.29 is 9.59 Å². The third kappa shape index (κ3) is 5.89. The smallest absolute Gasteiger partial charge is 0.226 e. The molecule has 0 heterocycles. The minimum absolute atomic E-state index is 0.0344. The lowest BCUT2D eigenvalue weighted by Gasteiger charge is -2.21. The molecule has 3 nitrogen and oxygen atoms in total. The summed E-state index contributed by atoms with van der Waals surface area (Å²) in [5, 5.41) is 2.71. The van der Waals surface area contributed by atoms with Crippen LogP contribution in [0.4, 0.5) is 0 Å². The Morgan fingerprint density at radius 2 is 1.81 bits per heavy atom. The van der Waals surface area contributed by atoms with Crippen LogP contribution in [0.15, 0.2) is 0 Å². The summed E-state index contributed by atoms with van der Waals surface area (Å²) in [5.41, 5.74) is -0.377. The SMILES string of the molecule is CCC(C)(C)C(=O)NCC(=O)CCC(C)C. The molecule has 0 unspecified atom stereocenters. The zero-order chi connectivity index (χ0) is 12.8. The van der Waals surface area contributed by atoms with Crippen molar-refractivity contribution >= 4 is 11.7 Å². The van der Waals surface area contributed by atoms with Gasteiger partial charge in [0, 0.05) is 11.8 Å². The zero-order valence-corrected chi connectivity index (χ0v) is 11.2. The van der Waals surface area contributed by atoms with Crippen LogP contribution in [-0.4, -0.2) is 18.2 Å². The Kier molecular flexibility index (Phi) is 6.31. The quantitative estimate of drug-likeness (QED) is 0.726. The lowest BCUT2D eigenvalue weighted by atomic mass is 9.89. The normalized spacial score (nSPS) is 11.6. The third-order valence-corrected chi connectivity index (χ3v) is 2.95. The summed E-state index contributed by atoms with van der Waals surface area (Å²) in [7, 11) is 0. The molecule has 1 amide bonds. The summed E-state index contributed by atoms with van der Waals surface area (Å²) in [4.78, 5) is 23.1. The Morgan fingerprint density at radius 3 is 2.25 bits per heavy atom. The van der Waals surface area contributed by atoms with E-state index in [2.05, 4.69) is 19.2 Å². The predicted molar refractivity (Wildman–Crippen MR) is 66.2 cm³/mol. The summed E-state index contributed by atoms with van der Waals surface area (Å²) < 4.78 is 0. The van der Waals surface area contributed by atoms with Gasteiger partial charge < -0.3 is 5.32 Å². The van der Waals surface area contributed by atoms with Crippen molar-refractivity contribution in [3.63, 3.8) is 0 Å². The first kappa shape index (κ1) is 15.1. The molecule has 0 aliphatic carbocycles. The fourth-order valence-corrected chi connectivity index (χ4v) is 1.12. The number of hydrogen-bond donors (Lipinski definition) is 1. The molecule has 0 atom stereocenters. The van der Waals surface area contributed by atoms with Crippen LogP contribution >= 0.6 is 0 Å². The van der Waals surface area contributed by atoms with Crippen LogP contribution in [0.25, 0.3) is 0 Å². The van der Waals surface area contributed by atoms with Crippen LogP contribution in [0.3, 0.4) is 0 Å². The van der Waals surface area contributed by atoms with Crippen LogP contribution in [0, 0.1) is 11.3 Å². The Bertz CT molecular complexity index is 244. The Balaban J connectivity index is 3.89. The summed E-state index contributed by atoms with van der Waals surface area (Å²) in [6.07, 6.45) is 2.23. The summed E-state index contributed by atoms with van der Waals surface area (Å²) in [6.45, 7) is 10.1. The minimum atomic E-state index is -0.377. The van der Waals surface area contributed by atoms with E-state index in [1.165, 1.54) is 0 Å². The number of ketones is 1. The van der Waals surface area contributed by atoms with Gasteiger partial charge in [-0.1, -0.05) is 34.6 Å². The molecule has 16 heavy (non-hydrogen) atoms. The molecule has 0 bridgehead atoms. The lowest BCUT2D eigenvalue weighted by molar-refractivity contribution is -0.131. The fourth-order valence-electron chi connectivity index (χ4n) is 1.12. The highest BCUT2D eigenvalue weighted by molar-refractivity contribution is 5.88. The molecule has 0 fully saturated rings. The van der Waals surface area contributed by atoms with E-state index in [4.69, 9.17) is 0 Å². The number of hydrogen-bond acceptors (Lipinski definition) is 2. The van der Waals surface area contributed by atoms with Crippen molar-refractivity contribution in [2.75, 3.05) is 6.54 Å². The van der Waals surface area contributed by atoms with Gasteiger partial charge in [0.1, 0.15) is 0 Å². The maximum absolute atomic E-state index is 11.7. The largest absolute Gasteiger partial charge is 0.349 e. The van der Waals surface area contributed by atoms with E-state index >= 15 is 0 Å². The fraction of sp³-hybridized carbons (Fsp3) is 0.846. The number of rotatable bonds is 7. The van der Waals surface area contributed by atoms with Gasteiger partial charge in [-0.3, -0.25) is 9.59 Å². The van der Waals surface area contributed by atoms with Crippen LogP contribution in [0.2, 0.25) is 0 Å². The molecular weight excluding hydrogens is 202 g/mol. The Hall–Kier alpha value is -0.860. The van der Waals surface area contributed by atoms with Gasteiger partial charge in [0.05, 0.1) is 6.54 Å². The highest BCUT2D eigenvalue weighted by Crippen LogP contribution is 2.19. The van der Waals surface area contributed by atoms with Crippen molar-refractivity contribution in [1.29, 1.82) is 0 Å². The molecular formula is C13H25NO2. The average Bonchev–Trinajstić information content (AvgIpc) is 2.22. The van der Waals surface area contributed by atoms with Gasteiger partial charge in [0.15, 0.2) is 5.78 Å². The molecule has 0 saturated heterocycles. The number of carbonyl (C=O) groups excluding carboxylic acids is 2. The molecule has 0 aromatic carbocycles. The second kappa shape index (κ2) is 6.66. The lowest BCUT2D eigenvalue weighted by Crippen LogP contribution is -2.39.